The number of hydrogen-bond acceptors (Lipinski definition) is 5. The van der Waals surface area contributed by atoms with E-state index in [-0.39, 0.29) is 6.04 Å². The van der Waals surface area contributed by atoms with Gasteiger partial charge >= 0.3 is 0 Å². The third kappa shape index (κ3) is 3.18. The van der Waals surface area contributed by atoms with Gasteiger partial charge in [-0.3, -0.25) is 4.90 Å². The van der Waals surface area contributed by atoms with Gasteiger partial charge in [0.05, 0.1) is 20.3 Å². The van der Waals surface area contributed by atoms with E-state index in [9.17, 15) is 0 Å². The van der Waals surface area contributed by atoms with Crippen LogP contribution in [0.25, 0.3) is 10.1 Å². The maximum absolute atomic E-state index is 5.77. The summed E-state index contributed by atoms with van der Waals surface area (Å²) in [5, 5.41) is 4.76. The van der Waals surface area contributed by atoms with Crippen LogP contribution in [0.1, 0.15) is 16.5 Å². The van der Waals surface area contributed by atoms with Gasteiger partial charge in [0.1, 0.15) is 0 Å². The molecule has 0 amide bonds. The van der Waals surface area contributed by atoms with E-state index in [1.54, 1.807) is 14.2 Å². The highest BCUT2D eigenvalue weighted by Gasteiger charge is 2.29. The fourth-order valence-electron chi connectivity index (χ4n) is 3.73. The fraction of sp³-hybridized carbons (Fsp3) is 0.333. The van der Waals surface area contributed by atoms with Crippen LogP contribution in [0.5, 0.6) is 11.5 Å². The van der Waals surface area contributed by atoms with Gasteiger partial charge in [-0.25, -0.2) is 0 Å². The lowest BCUT2D eigenvalue weighted by Gasteiger charge is -2.35. The highest BCUT2D eigenvalue weighted by atomic mass is 32.1. The summed E-state index contributed by atoms with van der Waals surface area (Å²) in [5.74, 6) is 1.61. The van der Waals surface area contributed by atoms with Crippen molar-refractivity contribution in [2.75, 3.05) is 40.4 Å². The van der Waals surface area contributed by atoms with Crippen molar-refractivity contribution >= 4 is 21.4 Å². The number of fused-ring (bicyclic) bond motifs is 1. The molecule has 0 saturated carbocycles. The number of thiophene rings is 1. The van der Waals surface area contributed by atoms with Gasteiger partial charge in [-0.1, -0.05) is 30.3 Å². The summed E-state index contributed by atoms with van der Waals surface area (Å²) in [6.45, 7) is 4.04. The molecule has 0 aliphatic carbocycles. The average Bonchev–Trinajstić information content (AvgIpc) is 3.12. The summed E-state index contributed by atoms with van der Waals surface area (Å²) in [6, 6.07) is 17.3. The molecule has 3 aromatic rings. The van der Waals surface area contributed by atoms with E-state index in [0.717, 1.165) is 37.7 Å². The monoisotopic (exact) mass is 368 g/mol. The maximum atomic E-state index is 5.77. The Labute approximate surface area is 158 Å². The molecule has 5 heteroatoms. The molecule has 1 saturated heterocycles. The van der Waals surface area contributed by atoms with E-state index in [2.05, 4.69) is 52.7 Å². The van der Waals surface area contributed by atoms with Crippen LogP contribution in [0.3, 0.4) is 0 Å². The second kappa shape index (κ2) is 7.66. The van der Waals surface area contributed by atoms with Crippen LogP contribution in [-0.4, -0.2) is 45.3 Å². The molecular formula is C21H24N2O2S. The first-order valence-corrected chi connectivity index (χ1v) is 9.77. The van der Waals surface area contributed by atoms with Gasteiger partial charge in [-0.2, -0.15) is 0 Å². The summed E-state index contributed by atoms with van der Waals surface area (Å²) in [4.78, 5) is 3.89. The second-order valence-corrected chi connectivity index (χ2v) is 7.57. The van der Waals surface area contributed by atoms with Crippen molar-refractivity contribution in [3.63, 3.8) is 0 Å². The SMILES string of the molecule is COc1cccc(C(c2cc3ccccc3s2)N2CCNCC2)c1OC. The zero-order valence-corrected chi connectivity index (χ0v) is 16.0. The molecule has 1 fully saturated rings. The first-order valence-electron chi connectivity index (χ1n) is 8.96. The highest BCUT2D eigenvalue weighted by Crippen LogP contribution is 2.43. The Hall–Kier alpha value is -2.08. The number of benzene rings is 2. The number of hydrogen-bond donors (Lipinski definition) is 1. The average molecular weight is 369 g/mol. The van der Waals surface area contributed by atoms with Crippen LogP contribution in [0.4, 0.5) is 0 Å². The number of ether oxygens (including phenoxy) is 2. The number of piperazine rings is 1. The molecule has 1 aliphatic rings. The number of rotatable bonds is 5. The fourth-order valence-corrected chi connectivity index (χ4v) is 4.95. The van der Waals surface area contributed by atoms with Crippen LogP contribution in [0, 0.1) is 0 Å². The number of para-hydroxylation sites is 1. The number of nitrogens with one attached hydrogen (secondary N) is 1. The van der Waals surface area contributed by atoms with Gasteiger partial charge in [0, 0.05) is 41.3 Å². The standard InChI is InChI=1S/C21H24N2O2S/c1-24-17-8-5-7-16(21(17)25-2)20(23-12-10-22-11-13-23)19-14-15-6-3-4-9-18(15)26-19/h3-9,14,20,22H,10-13H2,1-2H3. The van der Waals surface area contributed by atoms with Crippen molar-refractivity contribution in [2.24, 2.45) is 0 Å². The Morgan fingerprint density at radius 2 is 1.81 bits per heavy atom. The van der Waals surface area contributed by atoms with Gasteiger partial charge in [-0.05, 0) is 23.6 Å². The third-order valence-corrected chi connectivity index (χ3v) is 6.13. The number of methoxy groups -OCH3 is 2. The largest absolute Gasteiger partial charge is 0.493 e. The predicted molar refractivity (Wildman–Crippen MR) is 108 cm³/mol. The van der Waals surface area contributed by atoms with E-state index < -0.39 is 0 Å². The molecular weight excluding hydrogens is 344 g/mol. The summed E-state index contributed by atoms with van der Waals surface area (Å²) in [5.41, 5.74) is 1.17. The molecule has 2 aromatic carbocycles. The first-order chi connectivity index (χ1) is 12.8. The molecule has 0 spiro atoms. The second-order valence-electron chi connectivity index (χ2n) is 6.46. The molecule has 1 N–H and O–H groups in total. The van der Waals surface area contributed by atoms with E-state index in [0.29, 0.717) is 0 Å². The number of nitrogens with zero attached hydrogens (tertiary/aromatic N) is 1. The summed E-state index contributed by atoms with van der Waals surface area (Å²) in [6.07, 6.45) is 0. The molecule has 1 aliphatic heterocycles. The third-order valence-electron chi connectivity index (χ3n) is 4.96. The summed E-state index contributed by atoms with van der Waals surface area (Å²) >= 11 is 1.87. The predicted octanol–water partition coefficient (Wildman–Crippen LogP) is 3.91. The van der Waals surface area contributed by atoms with Crippen molar-refractivity contribution in [1.82, 2.24) is 10.2 Å². The minimum Gasteiger partial charge on any atom is -0.493 e. The summed E-state index contributed by atoms with van der Waals surface area (Å²) in [7, 11) is 3.42. The van der Waals surface area contributed by atoms with E-state index in [4.69, 9.17) is 9.47 Å². The van der Waals surface area contributed by atoms with Crippen molar-refractivity contribution in [2.45, 2.75) is 6.04 Å². The smallest absolute Gasteiger partial charge is 0.165 e. The Balaban J connectivity index is 1.86. The zero-order valence-electron chi connectivity index (χ0n) is 15.2. The van der Waals surface area contributed by atoms with Crippen LogP contribution >= 0.6 is 11.3 Å². The van der Waals surface area contributed by atoms with Crippen molar-refractivity contribution in [3.05, 3.63) is 59.0 Å². The minimum atomic E-state index is 0.166. The van der Waals surface area contributed by atoms with Crippen LogP contribution in [0.15, 0.2) is 48.5 Å². The van der Waals surface area contributed by atoms with Gasteiger partial charge in [0.2, 0.25) is 0 Å². The van der Waals surface area contributed by atoms with Crippen LogP contribution in [-0.2, 0) is 0 Å². The van der Waals surface area contributed by atoms with Crippen molar-refractivity contribution in [3.8, 4) is 11.5 Å². The lowest BCUT2D eigenvalue weighted by molar-refractivity contribution is 0.197. The topological polar surface area (TPSA) is 33.7 Å². The van der Waals surface area contributed by atoms with Gasteiger partial charge in [0.15, 0.2) is 11.5 Å². The molecule has 136 valence electrons. The Bertz CT molecular complexity index is 854. The lowest BCUT2D eigenvalue weighted by Crippen LogP contribution is -2.45. The van der Waals surface area contributed by atoms with Crippen molar-refractivity contribution in [1.29, 1.82) is 0 Å². The van der Waals surface area contributed by atoms with Crippen molar-refractivity contribution < 1.29 is 9.47 Å². The molecule has 1 unspecified atom stereocenters. The molecule has 4 rings (SSSR count). The molecule has 1 atom stereocenters. The lowest BCUT2D eigenvalue weighted by atomic mass is 10.0. The van der Waals surface area contributed by atoms with Gasteiger partial charge in [0.25, 0.3) is 0 Å². The zero-order chi connectivity index (χ0) is 17.9. The quantitative estimate of drug-likeness (QED) is 0.740. The van der Waals surface area contributed by atoms with Gasteiger partial charge in [-0.15, -0.1) is 11.3 Å². The van der Waals surface area contributed by atoms with E-state index in [1.807, 2.05) is 17.4 Å². The molecule has 0 radical (unpaired) electrons. The molecule has 4 nitrogen and oxygen atoms in total. The summed E-state index contributed by atoms with van der Waals surface area (Å²) < 4.78 is 12.7. The van der Waals surface area contributed by atoms with E-state index in [1.165, 1.54) is 20.5 Å². The highest BCUT2D eigenvalue weighted by molar-refractivity contribution is 7.19. The van der Waals surface area contributed by atoms with Crippen LogP contribution in [0.2, 0.25) is 0 Å². The van der Waals surface area contributed by atoms with E-state index >= 15 is 0 Å². The minimum absolute atomic E-state index is 0.166. The molecule has 1 aromatic heterocycles. The molecule has 0 bridgehead atoms. The van der Waals surface area contributed by atoms with Gasteiger partial charge < -0.3 is 14.8 Å². The molecule has 2 heterocycles. The molecule has 26 heavy (non-hydrogen) atoms. The Morgan fingerprint density at radius 1 is 1.00 bits per heavy atom. The normalized spacial score (nSPS) is 16.5. The first kappa shape index (κ1) is 17.3. The maximum Gasteiger partial charge on any atom is 0.165 e. The van der Waals surface area contributed by atoms with Crippen LogP contribution < -0.4 is 14.8 Å². The Kier molecular flexibility index (Phi) is 5.11. The Morgan fingerprint density at radius 3 is 2.54 bits per heavy atom.